The molecule has 15 heavy (non-hydrogen) atoms. The lowest BCUT2D eigenvalue weighted by molar-refractivity contribution is 0.133. The molecule has 6 nitrogen and oxygen atoms in total. The topological polar surface area (TPSA) is 67.1 Å². The van der Waals surface area contributed by atoms with E-state index in [4.69, 9.17) is 0 Å². The molecule has 1 N–H and O–H groups in total. The molecule has 1 aromatic heterocycles. The lowest BCUT2D eigenvalue weighted by Crippen LogP contribution is -2.26. The Morgan fingerprint density at radius 2 is 2.20 bits per heavy atom. The van der Waals surface area contributed by atoms with Crippen LogP contribution in [0.15, 0.2) is 0 Å². The van der Waals surface area contributed by atoms with Gasteiger partial charge in [-0.1, -0.05) is 5.10 Å². The highest BCUT2D eigenvalue weighted by atomic mass is 16.3. The van der Waals surface area contributed by atoms with E-state index >= 15 is 0 Å². The van der Waals surface area contributed by atoms with Crippen molar-refractivity contribution in [3.05, 3.63) is 0 Å². The first kappa shape index (κ1) is 9.08. The van der Waals surface area contributed by atoms with Crippen molar-refractivity contribution in [3.63, 3.8) is 0 Å². The second-order valence-electron chi connectivity index (χ2n) is 4.58. The summed E-state index contributed by atoms with van der Waals surface area (Å²) in [4.78, 5) is 2.18. The van der Waals surface area contributed by atoms with Gasteiger partial charge in [0.1, 0.15) is 0 Å². The zero-order valence-corrected chi connectivity index (χ0v) is 8.74. The Bertz CT molecular complexity index is 365. The van der Waals surface area contributed by atoms with Crippen LogP contribution in [0.25, 0.3) is 0 Å². The Hall–Kier alpha value is -1.17. The van der Waals surface area contributed by atoms with Crippen LogP contribution in [0.5, 0.6) is 0 Å². The molecule has 3 atom stereocenters. The Morgan fingerprint density at radius 1 is 1.33 bits per heavy atom. The number of aryl methyl sites for hydroxylation is 1. The molecule has 82 valence electrons. The summed E-state index contributed by atoms with van der Waals surface area (Å²) in [5.74, 6) is 1.86. The third kappa shape index (κ3) is 1.31. The van der Waals surface area contributed by atoms with E-state index in [2.05, 4.69) is 20.4 Å². The molecule has 3 unspecified atom stereocenters. The SMILES string of the molecule is Cn1nnnc1N1CC2CCC(O)C2C1. The molecule has 2 fully saturated rings. The molecule has 2 heterocycles. The maximum atomic E-state index is 9.80. The minimum Gasteiger partial charge on any atom is -0.393 e. The Labute approximate surface area is 87.9 Å². The zero-order chi connectivity index (χ0) is 10.4. The Balaban J connectivity index is 1.80. The second-order valence-corrected chi connectivity index (χ2v) is 4.58. The van der Waals surface area contributed by atoms with E-state index < -0.39 is 0 Å². The van der Waals surface area contributed by atoms with E-state index in [1.54, 1.807) is 4.68 Å². The number of aliphatic hydroxyl groups is 1. The standard InChI is InChI=1S/C9H15N5O/c1-13-9(10-11-12-13)14-4-6-2-3-8(15)7(6)5-14/h6-8,15H,2-5H2,1H3. The Kier molecular flexibility index (Phi) is 1.92. The minimum atomic E-state index is -0.124. The van der Waals surface area contributed by atoms with Gasteiger partial charge in [0.2, 0.25) is 5.95 Å². The summed E-state index contributed by atoms with van der Waals surface area (Å²) in [5.41, 5.74) is 0. The quantitative estimate of drug-likeness (QED) is 0.670. The van der Waals surface area contributed by atoms with Gasteiger partial charge in [0.15, 0.2) is 0 Å². The monoisotopic (exact) mass is 209 g/mol. The van der Waals surface area contributed by atoms with Crippen molar-refractivity contribution in [2.24, 2.45) is 18.9 Å². The van der Waals surface area contributed by atoms with Crippen LogP contribution in [0, 0.1) is 11.8 Å². The first-order valence-corrected chi connectivity index (χ1v) is 5.41. The van der Waals surface area contributed by atoms with E-state index in [1.165, 1.54) is 0 Å². The molecule has 1 aliphatic heterocycles. The fraction of sp³-hybridized carbons (Fsp3) is 0.889. The zero-order valence-electron chi connectivity index (χ0n) is 8.74. The number of nitrogens with zero attached hydrogens (tertiary/aromatic N) is 5. The van der Waals surface area contributed by atoms with Gasteiger partial charge in [-0.3, -0.25) is 0 Å². The number of rotatable bonds is 1. The lowest BCUT2D eigenvalue weighted by atomic mass is 10.00. The fourth-order valence-corrected chi connectivity index (χ4v) is 2.89. The molecule has 1 saturated heterocycles. The van der Waals surface area contributed by atoms with E-state index in [1.807, 2.05) is 7.05 Å². The third-order valence-corrected chi connectivity index (χ3v) is 3.70. The summed E-state index contributed by atoms with van der Waals surface area (Å²) in [6.45, 7) is 1.87. The molecular weight excluding hydrogens is 194 g/mol. The summed E-state index contributed by atoms with van der Waals surface area (Å²) in [6.07, 6.45) is 1.97. The van der Waals surface area contributed by atoms with Crippen LogP contribution in [0.3, 0.4) is 0 Å². The summed E-state index contributed by atoms with van der Waals surface area (Å²) < 4.78 is 1.69. The largest absolute Gasteiger partial charge is 0.393 e. The van der Waals surface area contributed by atoms with Gasteiger partial charge in [0.25, 0.3) is 0 Å². The van der Waals surface area contributed by atoms with Crippen LogP contribution in [-0.4, -0.2) is 44.5 Å². The summed E-state index contributed by atoms with van der Waals surface area (Å²) in [5, 5.41) is 21.3. The average Bonchev–Trinajstić information content (AvgIpc) is 2.84. The van der Waals surface area contributed by atoms with Gasteiger partial charge in [-0.15, -0.1) is 0 Å². The molecule has 0 bridgehead atoms. The fourth-order valence-electron chi connectivity index (χ4n) is 2.89. The van der Waals surface area contributed by atoms with Crippen molar-refractivity contribution in [2.45, 2.75) is 18.9 Å². The molecule has 3 rings (SSSR count). The molecule has 0 spiro atoms. The molecule has 0 radical (unpaired) electrons. The van der Waals surface area contributed by atoms with Crippen molar-refractivity contribution in [1.82, 2.24) is 20.2 Å². The maximum absolute atomic E-state index is 9.80. The van der Waals surface area contributed by atoms with Crippen LogP contribution in [0.4, 0.5) is 5.95 Å². The molecule has 1 aromatic rings. The van der Waals surface area contributed by atoms with Gasteiger partial charge < -0.3 is 10.0 Å². The number of hydrogen-bond donors (Lipinski definition) is 1. The number of hydrogen-bond acceptors (Lipinski definition) is 5. The van der Waals surface area contributed by atoms with Crippen molar-refractivity contribution in [3.8, 4) is 0 Å². The van der Waals surface area contributed by atoms with E-state index in [0.717, 1.165) is 31.9 Å². The third-order valence-electron chi connectivity index (χ3n) is 3.70. The Morgan fingerprint density at radius 3 is 2.87 bits per heavy atom. The first-order valence-electron chi connectivity index (χ1n) is 5.41. The molecule has 1 aliphatic carbocycles. The molecule has 2 aliphatic rings. The number of anilines is 1. The summed E-state index contributed by atoms with van der Waals surface area (Å²) in [6, 6.07) is 0. The average molecular weight is 209 g/mol. The van der Waals surface area contributed by atoms with E-state index in [-0.39, 0.29) is 6.10 Å². The molecule has 1 saturated carbocycles. The highest BCUT2D eigenvalue weighted by Crippen LogP contribution is 2.38. The molecular formula is C9H15N5O. The number of tetrazole rings is 1. The van der Waals surface area contributed by atoms with Gasteiger partial charge in [0, 0.05) is 26.1 Å². The highest BCUT2D eigenvalue weighted by molar-refractivity contribution is 5.31. The first-order chi connectivity index (χ1) is 7.25. The van der Waals surface area contributed by atoms with Gasteiger partial charge in [0.05, 0.1) is 6.10 Å². The molecule has 6 heteroatoms. The van der Waals surface area contributed by atoms with Crippen molar-refractivity contribution < 1.29 is 5.11 Å². The number of fused-ring (bicyclic) bond motifs is 1. The van der Waals surface area contributed by atoms with Crippen LogP contribution < -0.4 is 4.90 Å². The maximum Gasteiger partial charge on any atom is 0.245 e. The van der Waals surface area contributed by atoms with Gasteiger partial charge in [-0.2, -0.15) is 0 Å². The van der Waals surface area contributed by atoms with Crippen LogP contribution in [0.2, 0.25) is 0 Å². The van der Waals surface area contributed by atoms with Gasteiger partial charge in [-0.05, 0) is 29.2 Å². The van der Waals surface area contributed by atoms with Crippen molar-refractivity contribution >= 4 is 5.95 Å². The van der Waals surface area contributed by atoms with Gasteiger partial charge >= 0.3 is 0 Å². The minimum absolute atomic E-state index is 0.124. The number of aromatic nitrogens is 4. The van der Waals surface area contributed by atoms with Crippen LogP contribution >= 0.6 is 0 Å². The summed E-state index contributed by atoms with van der Waals surface area (Å²) >= 11 is 0. The van der Waals surface area contributed by atoms with Crippen molar-refractivity contribution in [2.75, 3.05) is 18.0 Å². The van der Waals surface area contributed by atoms with Gasteiger partial charge in [-0.25, -0.2) is 4.68 Å². The number of aliphatic hydroxyl groups excluding tert-OH is 1. The smallest absolute Gasteiger partial charge is 0.245 e. The van der Waals surface area contributed by atoms with Crippen LogP contribution in [-0.2, 0) is 7.05 Å². The van der Waals surface area contributed by atoms with E-state index in [0.29, 0.717) is 11.8 Å². The van der Waals surface area contributed by atoms with Crippen molar-refractivity contribution in [1.29, 1.82) is 0 Å². The van der Waals surface area contributed by atoms with E-state index in [9.17, 15) is 5.11 Å². The van der Waals surface area contributed by atoms with Crippen LogP contribution in [0.1, 0.15) is 12.8 Å². The summed E-state index contributed by atoms with van der Waals surface area (Å²) in [7, 11) is 1.85. The lowest BCUT2D eigenvalue weighted by Gasteiger charge is -2.17. The predicted octanol–water partition coefficient (Wildman–Crippen LogP) is -0.583. The highest BCUT2D eigenvalue weighted by Gasteiger charge is 2.42. The second kappa shape index (κ2) is 3.16. The molecule has 0 amide bonds. The normalized spacial score (nSPS) is 34.8. The predicted molar refractivity (Wildman–Crippen MR) is 53.2 cm³/mol. The molecule has 0 aromatic carbocycles.